The first-order valence-electron chi connectivity index (χ1n) is 11.1. The predicted molar refractivity (Wildman–Crippen MR) is 107 cm³/mol. The van der Waals surface area contributed by atoms with E-state index >= 15 is 0 Å². The normalized spacial score (nSPS) is 28.9. The Morgan fingerprint density at radius 3 is 2.58 bits per heavy atom. The summed E-state index contributed by atoms with van der Waals surface area (Å²) in [6, 6.07) is 0.580. The van der Waals surface area contributed by atoms with E-state index < -0.39 is 42.1 Å². The van der Waals surface area contributed by atoms with Crippen LogP contribution in [0.2, 0.25) is 0 Å². The van der Waals surface area contributed by atoms with Gasteiger partial charge in [-0.1, -0.05) is 0 Å². The smallest absolute Gasteiger partial charge is 0.393 e. The van der Waals surface area contributed by atoms with Crippen LogP contribution >= 0.6 is 0 Å². The summed E-state index contributed by atoms with van der Waals surface area (Å²) in [5, 5.41) is 4.40. The maximum atomic E-state index is 14.3. The van der Waals surface area contributed by atoms with E-state index in [4.69, 9.17) is 15.3 Å². The van der Waals surface area contributed by atoms with Crippen LogP contribution in [0, 0.1) is 11.6 Å². The lowest BCUT2D eigenvalue weighted by Gasteiger charge is -2.44. The molecule has 5 rings (SSSR count). The average molecular weight is 472 g/mol. The number of benzene rings is 1. The molecule has 33 heavy (non-hydrogen) atoms. The first-order valence-corrected chi connectivity index (χ1v) is 11.1. The molecule has 0 radical (unpaired) electrons. The molecule has 2 aliphatic heterocycles. The Labute approximate surface area is 187 Å². The molecule has 1 saturated heterocycles. The van der Waals surface area contributed by atoms with Crippen molar-refractivity contribution in [2.24, 2.45) is 5.73 Å². The van der Waals surface area contributed by atoms with E-state index in [1.54, 1.807) is 11.1 Å². The molecule has 11 heteroatoms. The van der Waals surface area contributed by atoms with Gasteiger partial charge in [-0.25, -0.2) is 8.78 Å². The van der Waals surface area contributed by atoms with Gasteiger partial charge in [0.2, 0.25) is 0 Å². The van der Waals surface area contributed by atoms with Gasteiger partial charge in [0, 0.05) is 36.3 Å². The van der Waals surface area contributed by atoms with Gasteiger partial charge < -0.3 is 15.3 Å². The molecule has 0 unspecified atom stereocenters. The Balaban J connectivity index is 1.33. The van der Waals surface area contributed by atoms with E-state index in [1.165, 1.54) is 4.85 Å². The highest BCUT2D eigenvalue weighted by atomic mass is 19.4. The summed E-state index contributed by atoms with van der Waals surface area (Å²) in [5.74, 6) is -1.62. The fourth-order valence-electron chi connectivity index (χ4n) is 5.14. The zero-order chi connectivity index (χ0) is 23.3. The molecule has 3 aliphatic rings. The molecule has 1 aromatic carbocycles. The standard InChI is InChI=1S/C22H25F5N4O2/c23-13-5-6-16(24)15(7-13)20-17(28)8-19(21(32-20)22(25,26)27)30-9-12-10-31(29-18(12)11-30)33-14-3-1-2-4-14/h5-7,10,14,17,19-21H,1-4,8-9,11,28H2/t17-,19+,20+,21+/m0/s1. The number of halogens is 5. The van der Waals surface area contributed by atoms with Gasteiger partial charge in [0.15, 0.2) is 6.10 Å². The summed E-state index contributed by atoms with van der Waals surface area (Å²) in [7, 11) is 0. The van der Waals surface area contributed by atoms with Crippen molar-refractivity contribution in [3.63, 3.8) is 0 Å². The second-order valence-corrected chi connectivity index (χ2v) is 9.07. The maximum absolute atomic E-state index is 14.3. The van der Waals surface area contributed by atoms with E-state index in [2.05, 4.69) is 5.10 Å². The van der Waals surface area contributed by atoms with Gasteiger partial charge in [-0.2, -0.15) is 13.2 Å². The number of aromatic nitrogens is 2. The van der Waals surface area contributed by atoms with Crippen LogP contribution in [0.5, 0.6) is 0 Å². The zero-order valence-electron chi connectivity index (χ0n) is 17.8. The Morgan fingerprint density at radius 1 is 1.12 bits per heavy atom. The van der Waals surface area contributed by atoms with Crippen molar-refractivity contribution in [3.05, 3.63) is 52.9 Å². The fourth-order valence-corrected chi connectivity index (χ4v) is 5.14. The van der Waals surface area contributed by atoms with Gasteiger partial charge in [-0.05, 0) is 50.3 Å². The van der Waals surface area contributed by atoms with Crippen LogP contribution < -0.4 is 10.6 Å². The van der Waals surface area contributed by atoms with Gasteiger partial charge in [-0.15, -0.1) is 9.94 Å². The molecule has 6 nitrogen and oxygen atoms in total. The van der Waals surface area contributed by atoms with Gasteiger partial charge in [0.1, 0.15) is 23.8 Å². The predicted octanol–water partition coefficient (Wildman–Crippen LogP) is 3.64. The van der Waals surface area contributed by atoms with E-state index in [1.807, 2.05) is 0 Å². The molecule has 3 heterocycles. The number of nitrogens with zero attached hydrogens (tertiary/aromatic N) is 3. The third-order valence-electron chi connectivity index (χ3n) is 6.74. The summed E-state index contributed by atoms with van der Waals surface area (Å²) in [6.07, 6.45) is -2.42. The molecular formula is C22H25F5N4O2. The number of hydrogen-bond acceptors (Lipinski definition) is 5. The summed E-state index contributed by atoms with van der Waals surface area (Å²) in [4.78, 5) is 8.88. The lowest BCUT2D eigenvalue weighted by Crippen LogP contribution is -2.58. The Bertz CT molecular complexity index is 984. The molecule has 1 aromatic heterocycles. The minimum Gasteiger partial charge on any atom is -0.393 e. The van der Waals surface area contributed by atoms with Crippen LogP contribution in [0.25, 0.3) is 0 Å². The molecule has 2 aromatic rings. The monoisotopic (exact) mass is 472 g/mol. The summed E-state index contributed by atoms with van der Waals surface area (Å²) >= 11 is 0. The lowest BCUT2D eigenvalue weighted by molar-refractivity contribution is -0.269. The zero-order valence-corrected chi connectivity index (χ0v) is 17.8. The minimum absolute atomic E-state index is 0.0896. The molecule has 1 aliphatic carbocycles. The van der Waals surface area contributed by atoms with E-state index in [-0.39, 0.29) is 31.2 Å². The lowest BCUT2D eigenvalue weighted by atomic mass is 9.89. The molecule has 0 spiro atoms. The highest BCUT2D eigenvalue weighted by Gasteiger charge is 2.54. The Hall–Kier alpha value is -2.24. The SMILES string of the molecule is N[C@H]1C[C@@H](N2Cc3cn(OC4CCCC4)nc3C2)[C@H](C(F)(F)F)O[C@@H]1c1cc(F)ccc1F. The highest BCUT2D eigenvalue weighted by Crippen LogP contribution is 2.42. The third-order valence-corrected chi connectivity index (χ3v) is 6.74. The largest absolute Gasteiger partial charge is 0.416 e. The van der Waals surface area contributed by atoms with Crippen LogP contribution in [0.1, 0.15) is 55.0 Å². The number of alkyl halides is 3. The van der Waals surface area contributed by atoms with Gasteiger partial charge >= 0.3 is 6.18 Å². The van der Waals surface area contributed by atoms with Crippen molar-refractivity contribution in [3.8, 4) is 0 Å². The molecule has 0 amide bonds. The van der Waals surface area contributed by atoms with Gasteiger partial charge in [0.25, 0.3) is 0 Å². The van der Waals surface area contributed by atoms with Gasteiger partial charge in [0.05, 0.1) is 11.9 Å². The van der Waals surface area contributed by atoms with Crippen LogP contribution in [0.4, 0.5) is 22.0 Å². The summed E-state index contributed by atoms with van der Waals surface area (Å²) in [5.41, 5.74) is 7.28. The second-order valence-electron chi connectivity index (χ2n) is 9.07. The maximum Gasteiger partial charge on any atom is 0.416 e. The molecule has 180 valence electrons. The fraction of sp³-hybridized carbons (Fsp3) is 0.591. The topological polar surface area (TPSA) is 65.5 Å². The highest BCUT2D eigenvalue weighted by molar-refractivity contribution is 5.25. The second kappa shape index (κ2) is 8.52. The molecular weight excluding hydrogens is 447 g/mol. The van der Waals surface area contributed by atoms with Crippen LogP contribution in [-0.2, 0) is 17.8 Å². The Kier molecular flexibility index (Phi) is 5.82. The third kappa shape index (κ3) is 4.45. The van der Waals surface area contributed by atoms with Crippen molar-refractivity contribution in [2.75, 3.05) is 0 Å². The molecule has 4 atom stereocenters. The first-order chi connectivity index (χ1) is 15.7. The van der Waals surface area contributed by atoms with Crippen molar-refractivity contribution < 1.29 is 31.5 Å². The number of rotatable bonds is 4. The van der Waals surface area contributed by atoms with Crippen molar-refractivity contribution in [1.29, 1.82) is 0 Å². The number of hydrogen-bond donors (Lipinski definition) is 1. The summed E-state index contributed by atoms with van der Waals surface area (Å²) in [6.45, 7) is 0.443. The number of nitrogens with two attached hydrogens (primary N) is 1. The van der Waals surface area contributed by atoms with Gasteiger partial charge in [-0.3, -0.25) is 4.90 Å². The van der Waals surface area contributed by atoms with Crippen LogP contribution in [-0.4, -0.2) is 45.3 Å². The first kappa shape index (κ1) is 22.5. The quantitative estimate of drug-likeness (QED) is 0.689. The van der Waals surface area contributed by atoms with E-state index in [0.29, 0.717) is 5.69 Å². The number of fused-ring (bicyclic) bond motifs is 1. The minimum atomic E-state index is -4.71. The van der Waals surface area contributed by atoms with Crippen LogP contribution in [0.15, 0.2) is 24.4 Å². The van der Waals surface area contributed by atoms with Crippen molar-refractivity contribution in [2.45, 2.75) is 81.8 Å². The van der Waals surface area contributed by atoms with E-state index in [9.17, 15) is 22.0 Å². The van der Waals surface area contributed by atoms with Crippen molar-refractivity contribution in [1.82, 2.24) is 14.8 Å². The molecule has 0 bridgehead atoms. The van der Waals surface area contributed by atoms with Crippen LogP contribution in [0.3, 0.4) is 0 Å². The number of ether oxygens (including phenoxy) is 1. The molecule has 1 saturated carbocycles. The molecule has 2 N–H and O–H groups in total. The average Bonchev–Trinajstić information content (AvgIpc) is 3.46. The Morgan fingerprint density at radius 2 is 1.88 bits per heavy atom. The molecule has 2 fully saturated rings. The van der Waals surface area contributed by atoms with Crippen molar-refractivity contribution >= 4 is 0 Å². The van der Waals surface area contributed by atoms with E-state index in [0.717, 1.165) is 49.4 Å². The summed E-state index contributed by atoms with van der Waals surface area (Å²) < 4.78 is 75.2.